The van der Waals surface area contributed by atoms with E-state index in [0.717, 1.165) is 25.3 Å². The molecule has 0 aromatic heterocycles. The lowest BCUT2D eigenvalue weighted by Gasteiger charge is -2.27. The fourth-order valence-electron chi connectivity index (χ4n) is 2.16. The Kier molecular flexibility index (Phi) is 4.70. The number of nitrogens with zero attached hydrogens (tertiary/aromatic N) is 1. The molecule has 3 nitrogen and oxygen atoms in total. The van der Waals surface area contributed by atoms with Crippen molar-refractivity contribution in [2.45, 2.75) is 25.4 Å². The van der Waals surface area contributed by atoms with E-state index in [1.54, 1.807) is 5.01 Å². The van der Waals surface area contributed by atoms with Crippen molar-refractivity contribution in [1.82, 2.24) is 10.4 Å². The highest BCUT2D eigenvalue weighted by Crippen LogP contribution is 2.33. The molecule has 0 atom stereocenters. The Hall–Kier alpha value is -1.08. The first-order chi connectivity index (χ1) is 9.38. The third-order valence-electron chi connectivity index (χ3n) is 3.15. The number of hydrazine groups is 1. The molecule has 1 amide bonds. The molecule has 1 aliphatic rings. The summed E-state index contributed by atoms with van der Waals surface area (Å²) in [6, 6.07) is 3.54. The van der Waals surface area contributed by atoms with Gasteiger partial charge in [-0.2, -0.15) is 13.2 Å². The fraction of sp³-hybridized carbons (Fsp3) is 0.462. The zero-order valence-electron chi connectivity index (χ0n) is 10.6. The maximum atomic E-state index is 13.0. The zero-order chi connectivity index (χ0) is 14.8. The number of alkyl halides is 3. The van der Waals surface area contributed by atoms with Gasteiger partial charge in [0.25, 0.3) is 5.91 Å². The molecule has 0 aliphatic carbocycles. The van der Waals surface area contributed by atoms with Gasteiger partial charge in [0.2, 0.25) is 0 Å². The summed E-state index contributed by atoms with van der Waals surface area (Å²) in [5, 5.41) is 1.67. The normalized spacial score (nSPS) is 17.0. The minimum atomic E-state index is -4.56. The smallest absolute Gasteiger partial charge is 0.285 e. The molecular weight excluding hydrogens is 337 g/mol. The molecule has 1 fully saturated rings. The highest BCUT2D eigenvalue weighted by molar-refractivity contribution is 9.10. The molecule has 0 spiro atoms. The van der Waals surface area contributed by atoms with Crippen LogP contribution in [0.5, 0.6) is 0 Å². The summed E-state index contributed by atoms with van der Waals surface area (Å²) in [7, 11) is 0. The van der Waals surface area contributed by atoms with Gasteiger partial charge in [-0.1, -0.05) is 22.4 Å². The average molecular weight is 351 g/mol. The van der Waals surface area contributed by atoms with E-state index >= 15 is 0 Å². The van der Waals surface area contributed by atoms with Crippen LogP contribution in [-0.2, 0) is 6.18 Å². The van der Waals surface area contributed by atoms with Gasteiger partial charge >= 0.3 is 6.18 Å². The van der Waals surface area contributed by atoms with Crippen LogP contribution in [0.15, 0.2) is 22.7 Å². The van der Waals surface area contributed by atoms with Gasteiger partial charge in [0.1, 0.15) is 0 Å². The van der Waals surface area contributed by atoms with Crippen LogP contribution in [0.2, 0.25) is 0 Å². The Bertz CT molecular complexity index is 499. The van der Waals surface area contributed by atoms with E-state index in [1.165, 1.54) is 12.1 Å². The van der Waals surface area contributed by atoms with Crippen molar-refractivity contribution in [3.63, 3.8) is 0 Å². The number of amides is 1. The largest absolute Gasteiger partial charge is 0.417 e. The van der Waals surface area contributed by atoms with E-state index in [9.17, 15) is 18.0 Å². The molecule has 0 radical (unpaired) electrons. The van der Waals surface area contributed by atoms with Gasteiger partial charge in [-0.3, -0.25) is 10.2 Å². The third kappa shape index (κ3) is 3.73. The summed E-state index contributed by atoms with van der Waals surface area (Å²) in [6.07, 6.45) is -1.60. The van der Waals surface area contributed by atoms with Crippen LogP contribution in [0.1, 0.15) is 35.2 Å². The molecule has 20 heavy (non-hydrogen) atoms. The zero-order valence-corrected chi connectivity index (χ0v) is 12.2. The Morgan fingerprint density at radius 1 is 1.20 bits per heavy atom. The van der Waals surface area contributed by atoms with Crippen LogP contribution < -0.4 is 5.43 Å². The van der Waals surface area contributed by atoms with Crippen LogP contribution in [0, 0.1) is 0 Å². The molecule has 0 bridgehead atoms. The summed E-state index contributed by atoms with van der Waals surface area (Å²) in [6.45, 7) is 1.34. The van der Waals surface area contributed by atoms with Crippen molar-refractivity contribution in [1.29, 1.82) is 0 Å². The first-order valence-electron chi connectivity index (χ1n) is 6.30. The molecule has 0 saturated carbocycles. The van der Waals surface area contributed by atoms with E-state index in [1.807, 2.05) is 0 Å². The molecule has 1 saturated heterocycles. The number of carbonyl (C=O) groups excluding carboxylic acids is 1. The third-order valence-corrected chi connectivity index (χ3v) is 3.64. The van der Waals surface area contributed by atoms with Crippen molar-refractivity contribution in [3.05, 3.63) is 33.8 Å². The van der Waals surface area contributed by atoms with Gasteiger partial charge in [-0.25, -0.2) is 5.01 Å². The van der Waals surface area contributed by atoms with Crippen molar-refractivity contribution in [2.75, 3.05) is 13.1 Å². The first-order valence-corrected chi connectivity index (χ1v) is 7.10. The second-order valence-electron chi connectivity index (χ2n) is 4.68. The molecule has 1 aromatic rings. The highest BCUT2D eigenvalue weighted by atomic mass is 79.9. The van der Waals surface area contributed by atoms with Crippen LogP contribution in [0.3, 0.4) is 0 Å². The molecule has 1 aromatic carbocycles. The Balaban J connectivity index is 2.20. The SMILES string of the molecule is O=C(NN1CCCCC1)c1ccc(Br)cc1C(F)(F)F. The number of hydrogen-bond acceptors (Lipinski definition) is 2. The summed E-state index contributed by atoms with van der Waals surface area (Å²) in [5.74, 6) is -0.716. The van der Waals surface area contributed by atoms with Crippen molar-refractivity contribution >= 4 is 21.8 Å². The number of hydrogen-bond donors (Lipinski definition) is 1. The van der Waals surface area contributed by atoms with E-state index in [-0.39, 0.29) is 5.56 Å². The highest BCUT2D eigenvalue weighted by Gasteiger charge is 2.35. The van der Waals surface area contributed by atoms with E-state index in [2.05, 4.69) is 21.4 Å². The van der Waals surface area contributed by atoms with Crippen LogP contribution in [0.25, 0.3) is 0 Å². The van der Waals surface area contributed by atoms with Gasteiger partial charge in [0.05, 0.1) is 11.1 Å². The molecule has 1 heterocycles. The van der Waals surface area contributed by atoms with E-state index in [4.69, 9.17) is 0 Å². The minimum Gasteiger partial charge on any atom is -0.285 e. The summed E-state index contributed by atoms with van der Waals surface area (Å²) < 4.78 is 39.1. The number of piperidine rings is 1. The number of nitrogens with one attached hydrogen (secondary N) is 1. The predicted octanol–water partition coefficient (Wildman–Crippen LogP) is 3.60. The summed E-state index contributed by atoms with van der Waals surface area (Å²) >= 11 is 2.99. The lowest BCUT2D eigenvalue weighted by atomic mass is 10.1. The summed E-state index contributed by atoms with van der Waals surface area (Å²) in [4.78, 5) is 12.0. The Labute approximate surface area is 123 Å². The standard InChI is InChI=1S/C13H14BrF3N2O/c14-9-4-5-10(11(8-9)13(15,16)17)12(20)18-19-6-2-1-3-7-19/h4-5,8H,1-3,6-7H2,(H,18,20). The van der Waals surface area contributed by atoms with Crippen molar-refractivity contribution in [3.8, 4) is 0 Å². The summed E-state index contributed by atoms with van der Waals surface area (Å²) in [5.41, 5.74) is 1.26. The van der Waals surface area contributed by atoms with Gasteiger partial charge in [-0.15, -0.1) is 0 Å². The molecular formula is C13H14BrF3N2O. The topological polar surface area (TPSA) is 32.3 Å². The Morgan fingerprint density at radius 3 is 2.45 bits per heavy atom. The molecule has 0 unspecified atom stereocenters. The molecule has 2 rings (SSSR count). The van der Waals surface area contributed by atoms with Crippen molar-refractivity contribution < 1.29 is 18.0 Å². The van der Waals surface area contributed by atoms with Gasteiger partial charge < -0.3 is 0 Å². The maximum absolute atomic E-state index is 13.0. The van der Waals surface area contributed by atoms with Gasteiger partial charge in [0.15, 0.2) is 0 Å². The second-order valence-corrected chi connectivity index (χ2v) is 5.59. The van der Waals surface area contributed by atoms with Crippen LogP contribution in [0.4, 0.5) is 13.2 Å². The van der Waals surface area contributed by atoms with Gasteiger partial charge in [-0.05, 0) is 31.0 Å². The number of halogens is 4. The lowest BCUT2D eigenvalue weighted by molar-refractivity contribution is -0.138. The van der Waals surface area contributed by atoms with E-state index < -0.39 is 17.6 Å². The average Bonchev–Trinajstić information content (AvgIpc) is 2.38. The number of benzene rings is 1. The van der Waals surface area contributed by atoms with E-state index in [0.29, 0.717) is 17.6 Å². The van der Waals surface area contributed by atoms with Crippen LogP contribution in [-0.4, -0.2) is 24.0 Å². The Morgan fingerprint density at radius 2 is 1.85 bits per heavy atom. The second kappa shape index (κ2) is 6.13. The quantitative estimate of drug-likeness (QED) is 0.883. The first kappa shape index (κ1) is 15.3. The minimum absolute atomic E-state index is 0.291. The number of carbonyl (C=O) groups is 1. The number of rotatable bonds is 2. The predicted molar refractivity (Wildman–Crippen MR) is 72.0 cm³/mol. The van der Waals surface area contributed by atoms with Crippen molar-refractivity contribution in [2.24, 2.45) is 0 Å². The van der Waals surface area contributed by atoms with Crippen LogP contribution >= 0.6 is 15.9 Å². The maximum Gasteiger partial charge on any atom is 0.417 e. The van der Waals surface area contributed by atoms with Gasteiger partial charge in [0, 0.05) is 17.6 Å². The molecule has 1 N–H and O–H groups in total. The molecule has 110 valence electrons. The molecule has 1 aliphatic heterocycles. The fourth-order valence-corrected chi connectivity index (χ4v) is 2.52. The lowest BCUT2D eigenvalue weighted by Crippen LogP contribution is -2.45. The molecule has 7 heteroatoms. The monoisotopic (exact) mass is 350 g/mol.